The minimum absolute atomic E-state index is 0.00119. The lowest BCUT2D eigenvalue weighted by molar-refractivity contribution is 0.339. The van der Waals surface area contributed by atoms with Crippen LogP contribution in [0.15, 0.2) is 34.0 Å². The number of benzene rings is 1. The van der Waals surface area contributed by atoms with Crippen molar-refractivity contribution in [1.29, 1.82) is 0 Å². The summed E-state index contributed by atoms with van der Waals surface area (Å²) >= 11 is 1.67. The van der Waals surface area contributed by atoms with Gasteiger partial charge in [0.2, 0.25) is 5.75 Å². The van der Waals surface area contributed by atoms with E-state index in [-0.39, 0.29) is 5.75 Å². The second-order valence-electron chi connectivity index (χ2n) is 4.76. The number of methoxy groups -OCH3 is 2. The number of aromatic hydroxyl groups is 1. The van der Waals surface area contributed by atoms with Crippen LogP contribution >= 0.6 is 11.3 Å². The van der Waals surface area contributed by atoms with E-state index in [1.54, 1.807) is 30.5 Å². The van der Waals surface area contributed by atoms with Crippen LogP contribution in [0.4, 0.5) is 0 Å². The molecule has 0 aliphatic rings. The van der Waals surface area contributed by atoms with Gasteiger partial charge in [0.25, 0.3) is 0 Å². The molecular formula is C16H21N3O3S. The van der Waals surface area contributed by atoms with E-state index in [9.17, 15) is 5.11 Å². The van der Waals surface area contributed by atoms with Crippen LogP contribution in [0.2, 0.25) is 0 Å². The highest BCUT2D eigenvalue weighted by molar-refractivity contribution is 7.07. The molecule has 0 spiro atoms. The molecule has 7 heteroatoms. The normalized spacial score (nSPS) is 11.2. The van der Waals surface area contributed by atoms with Crippen molar-refractivity contribution in [2.45, 2.75) is 13.1 Å². The number of phenols is 1. The van der Waals surface area contributed by atoms with E-state index < -0.39 is 0 Å². The zero-order chi connectivity index (χ0) is 16.7. The Bertz CT molecular complexity index is 632. The Labute approximate surface area is 139 Å². The van der Waals surface area contributed by atoms with Crippen LogP contribution in [0.1, 0.15) is 11.1 Å². The Hall–Kier alpha value is -2.41. The topological polar surface area (TPSA) is 75.1 Å². The molecule has 0 unspecified atom stereocenters. The number of guanidine groups is 1. The Morgan fingerprint density at radius 1 is 1.13 bits per heavy atom. The summed E-state index contributed by atoms with van der Waals surface area (Å²) in [5, 5.41) is 20.5. The molecule has 0 aliphatic heterocycles. The van der Waals surface area contributed by atoms with Gasteiger partial charge in [-0.3, -0.25) is 4.99 Å². The Balaban J connectivity index is 1.98. The van der Waals surface area contributed by atoms with E-state index >= 15 is 0 Å². The van der Waals surface area contributed by atoms with Crippen LogP contribution in [-0.2, 0) is 13.1 Å². The van der Waals surface area contributed by atoms with Gasteiger partial charge < -0.3 is 25.2 Å². The van der Waals surface area contributed by atoms with Crippen LogP contribution < -0.4 is 20.1 Å². The van der Waals surface area contributed by atoms with Crippen molar-refractivity contribution < 1.29 is 14.6 Å². The maximum Gasteiger partial charge on any atom is 0.200 e. The van der Waals surface area contributed by atoms with Gasteiger partial charge in [-0.1, -0.05) is 0 Å². The standard InChI is InChI=1S/C16H21N3O3S/c1-17-16(18-8-11-4-5-23-10-11)19-9-12-6-13(21-2)15(20)14(7-12)22-3/h4-7,10,20H,8-9H2,1-3H3,(H2,17,18,19). The molecule has 0 saturated carbocycles. The number of nitrogens with one attached hydrogen (secondary N) is 2. The monoisotopic (exact) mass is 335 g/mol. The first kappa shape index (κ1) is 17.0. The number of thiophene rings is 1. The molecule has 0 amide bonds. The van der Waals surface area contributed by atoms with Crippen molar-refractivity contribution in [3.05, 3.63) is 40.1 Å². The Morgan fingerprint density at radius 3 is 2.22 bits per heavy atom. The van der Waals surface area contributed by atoms with Crippen LogP contribution in [0.3, 0.4) is 0 Å². The lowest BCUT2D eigenvalue weighted by Gasteiger charge is -2.14. The number of hydrogen-bond donors (Lipinski definition) is 3. The van der Waals surface area contributed by atoms with Crippen LogP contribution in [0, 0.1) is 0 Å². The number of rotatable bonds is 6. The van der Waals surface area contributed by atoms with E-state index in [0.29, 0.717) is 30.5 Å². The van der Waals surface area contributed by atoms with Gasteiger partial charge in [0.15, 0.2) is 17.5 Å². The molecule has 0 fully saturated rings. The van der Waals surface area contributed by atoms with Crippen molar-refractivity contribution in [1.82, 2.24) is 10.6 Å². The summed E-state index contributed by atoms with van der Waals surface area (Å²) in [6.45, 7) is 1.24. The molecule has 6 nitrogen and oxygen atoms in total. The van der Waals surface area contributed by atoms with Gasteiger partial charge in [0, 0.05) is 20.1 Å². The predicted octanol–water partition coefficient (Wildman–Crippen LogP) is 2.34. The SMILES string of the molecule is CN=C(NCc1ccsc1)NCc1cc(OC)c(O)c(OC)c1. The van der Waals surface area contributed by atoms with E-state index in [4.69, 9.17) is 9.47 Å². The molecule has 3 N–H and O–H groups in total. The average Bonchev–Trinajstić information content (AvgIpc) is 3.09. The third kappa shape index (κ3) is 4.53. The summed E-state index contributed by atoms with van der Waals surface area (Å²) < 4.78 is 10.3. The first-order valence-corrected chi connectivity index (χ1v) is 8.01. The Morgan fingerprint density at radius 2 is 1.74 bits per heavy atom. The highest BCUT2D eigenvalue weighted by atomic mass is 32.1. The largest absolute Gasteiger partial charge is 0.502 e. The lowest BCUT2D eigenvalue weighted by atomic mass is 10.2. The zero-order valence-electron chi connectivity index (χ0n) is 13.4. The number of phenolic OH excluding ortho intramolecular Hbond substituents is 1. The average molecular weight is 335 g/mol. The van der Waals surface area contributed by atoms with Gasteiger partial charge in [-0.25, -0.2) is 0 Å². The van der Waals surface area contributed by atoms with E-state index in [1.165, 1.54) is 19.8 Å². The van der Waals surface area contributed by atoms with Crippen LogP contribution in [0.5, 0.6) is 17.2 Å². The molecule has 0 radical (unpaired) electrons. The molecule has 2 aromatic rings. The van der Waals surface area contributed by atoms with Gasteiger partial charge in [-0.2, -0.15) is 11.3 Å². The summed E-state index contributed by atoms with van der Waals surface area (Å²) in [6.07, 6.45) is 0. The maximum atomic E-state index is 9.92. The van der Waals surface area contributed by atoms with Gasteiger partial charge in [0.05, 0.1) is 14.2 Å². The summed E-state index contributed by atoms with van der Waals surface area (Å²) in [6, 6.07) is 5.59. The second-order valence-corrected chi connectivity index (χ2v) is 5.54. The van der Waals surface area contributed by atoms with Crippen molar-refractivity contribution in [2.75, 3.05) is 21.3 Å². The molecule has 23 heavy (non-hydrogen) atoms. The fraction of sp³-hybridized carbons (Fsp3) is 0.312. The second kappa shape index (κ2) is 8.28. The van der Waals surface area contributed by atoms with Crippen molar-refractivity contribution in [3.63, 3.8) is 0 Å². The molecule has 1 aromatic carbocycles. The minimum Gasteiger partial charge on any atom is -0.502 e. The molecule has 1 heterocycles. The van der Waals surface area contributed by atoms with Crippen LogP contribution in [0.25, 0.3) is 0 Å². The molecule has 0 atom stereocenters. The highest BCUT2D eigenvalue weighted by Gasteiger charge is 2.11. The third-order valence-corrected chi connectivity index (χ3v) is 4.00. The van der Waals surface area contributed by atoms with E-state index in [1.807, 2.05) is 5.38 Å². The molecule has 0 bridgehead atoms. The number of aliphatic imine (C=N–C) groups is 1. The van der Waals surface area contributed by atoms with Crippen molar-refractivity contribution in [3.8, 4) is 17.2 Å². The third-order valence-electron chi connectivity index (χ3n) is 3.26. The number of hydrogen-bond acceptors (Lipinski definition) is 5. The molecule has 1 aromatic heterocycles. The quantitative estimate of drug-likeness (QED) is 0.558. The first-order chi connectivity index (χ1) is 11.2. The minimum atomic E-state index is -0.00119. The number of ether oxygens (including phenoxy) is 2. The summed E-state index contributed by atoms with van der Waals surface area (Å²) in [5.41, 5.74) is 2.13. The van der Waals surface area contributed by atoms with Gasteiger partial charge in [-0.05, 0) is 40.1 Å². The summed E-state index contributed by atoms with van der Waals surface area (Å²) in [5.74, 6) is 1.45. The fourth-order valence-corrected chi connectivity index (χ4v) is 2.70. The maximum absolute atomic E-state index is 9.92. The smallest absolute Gasteiger partial charge is 0.200 e. The molecule has 124 valence electrons. The van der Waals surface area contributed by atoms with Crippen LogP contribution in [-0.4, -0.2) is 32.3 Å². The summed E-state index contributed by atoms with van der Waals surface area (Å²) in [7, 11) is 4.74. The van der Waals surface area contributed by atoms with Gasteiger partial charge >= 0.3 is 0 Å². The number of nitrogens with zero attached hydrogens (tertiary/aromatic N) is 1. The summed E-state index contributed by atoms with van der Waals surface area (Å²) in [4.78, 5) is 4.19. The van der Waals surface area contributed by atoms with Gasteiger partial charge in [0.1, 0.15) is 0 Å². The predicted molar refractivity (Wildman–Crippen MR) is 92.6 cm³/mol. The highest BCUT2D eigenvalue weighted by Crippen LogP contribution is 2.36. The molecular weight excluding hydrogens is 314 g/mol. The van der Waals surface area contributed by atoms with E-state index in [0.717, 1.165) is 5.56 Å². The molecule has 2 rings (SSSR count). The van der Waals surface area contributed by atoms with E-state index in [2.05, 4.69) is 27.1 Å². The van der Waals surface area contributed by atoms with Crippen molar-refractivity contribution in [2.24, 2.45) is 4.99 Å². The lowest BCUT2D eigenvalue weighted by Crippen LogP contribution is -2.36. The first-order valence-electron chi connectivity index (χ1n) is 7.07. The zero-order valence-corrected chi connectivity index (χ0v) is 14.2. The molecule has 0 aliphatic carbocycles. The Kier molecular flexibility index (Phi) is 6.10. The van der Waals surface area contributed by atoms with Crippen molar-refractivity contribution >= 4 is 17.3 Å². The fourth-order valence-electron chi connectivity index (χ4n) is 2.04. The van der Waals surface area contributed by atoms with Gasteiger partial charge in [-0.15, -0.1) is 0 Å². The molecule has 0 saturated heterocycles.